The van der Waals surface area contributed by atoms with Gasteiger partial charge in [-0.3, -0.25) is 4.79 Å². The summed E-state index contributed by atoms with van der Waals surface area (Å²) in [7, 11) is 0. The summed E-state index contributed by atoms with van der Waals surface area (Å²) in [6, 6.07) is 15.2. The van der Waals surface area contributed by atoms with Crippen molar-refractivity contribution in [1.29, 1.82) is 0 Å². The van der Waals surface area contributed by atoms with E-state index in [9.17, 15) is 4.79 Å². The van der Waals surface area contributed by atoms with E-state index < -0.39 is 0 Å². The number of hydrogen-bond acceptors (Lipinski definition) is 2. The Labute approximate surface area is 105 Å². The number of para-hydroxylation sites is 1. The van der Waals surface area contributed by atoms with Crippen LogP contribution in [-0.2, 0) is 0 Å². The van der Waals surface area contributed by atoms with Crippen LogP contribution in [0.4, 0.5) is 0 Å². The van der Waals surface area contributed by atoms with E-state index in [-0.39, 0.29) is 5.78 Å². The van der Waals surface area contributed by atoms with Gasteiger partial charge in [-0.05, 0) is 18.6 Å². The number of aryl methyl sites for hydroxylation is 1. The van der Waals surface area contributed by atoms with Gasteiger partial charge >= 0.3 is 0 Å². The highest BCUT2D eigenvalue weighted by molar-refractivity contribution is 6.16. The van der Waals surface area contributed by atoms with E-state index >= 15 is 0 Å². The van der Waals surface area contributed by atoms with Gasteiger partial charge in [-0.2, -0.15) is 0 Å². The monoisotopic (exact) mass is 236 g/mol. The molecule has 18 heavy (non-hydrogen) atoms. The van der Waals surface area contributed by atoms with E-state index in [1.165, 1.54) is 0 Å². The van der Waals surface area contributed by atoms with Crippen LogP contribution < -0.4 is 0 Å². The van der Waals surface area contributed by atoms with Gasteiger partial charge < -0.3 is 4.42 Å². The third-order valence-corrected chi connectivity index (χ3v) is 3.12. The molecule has 2 nitrogen and oxygen atoms in total. The number of ketones is 1. The summed E-state index contributed by atoms with van der Waals surface area (Å²) in [5.74, 6) is 0.0121. The van der Waals surface area contributed by atoms with Gasteiger partial charge in [0.25, 0.3) is 0 Å². The maximum atomic E-state index is 12.5. The Hall–Kier alpha value is -2.35. The maximum Gasteiger partial charge on any atom is 0.197 e. The average Bonchev–Trinajstić information content (AvgIpc) is 2.82. The van der Waals surface area contributed by atoms with Crippen molar-refractivity contribution in [3.05, 3.63) is 71.5 Å². The number of fused-ring (bicyclic) bond motifs is 1. The Kier molecular flexibility index (Phi) is 2.49. The molecule has 3 aromatic rings. The standard InChI is InChI=1S/C16H12O2/c1-11-6-2-3-7-12(11)16(17)14-10-18-15-9-5-4-8-13(14)15/h2-10H,1H3. The molecule has 3 rings (SSSR count). The zero-order valence-electron chi connectivity index (χ0n) is 10.0. The second kappa shape index (κ2) is 4.15. The van der Waals surface area contributed by atoms with Gasteiger partial charge in [0, 0.05) is 10.9 Å². The lowest BCUT2D eigenvalue weighted by Gasteiger charge is -2.02. The fourth-order valence-corrected chi connectivity index (χ4v) is 2.13. The molecular weight excluding hydrogens is 224 g/mol. The summed E-state index contributed by atoms with van der Waals surface area (Å²) in [5, 5.41) is 0.866. The maximum absolute atomic E-state index is 12.5. The fourth-order valence-electron chi connectivity index (χ4n) is 2.13. The smallest absolute Gasteiger partial charge is 0.197 e. The minimum Gasteiger partial charge on any atom is -0.464 e. The van der Waals surface area contributed by atoms with Crippen molar-refractivity contribution in [2.45, 2.75) is 6.92 Å². The third-order valence-electron chi connectivity index (χ3n) is 3.12. The van der Waals surface area contributed by atoms with E-state index in [2.05, 4.69) is 0 Å². The van der Waals surface area contributed by atoms with Crippen LogP contribution in [0.2, 0.25) is 0 Å². The van der Waals surface area contributed by atoms with Crippen molar-refractivity contribution >= 4 is 16.8 Å². The van der Waals surface area contributed by atoms with Crippen molar-refractivity contribution < 1.29 is 9.21 Å². The summed E-state index contributed by atoms with van der Waals surface area (Å²) in [6.45, 7) is 1.94. The lowest BCUT2D eigenvalue weighted by molar-refractivity contribution is 0.103. The topological polar surface area (TPSA) is 30.2 Å². The first kappa shape index (κ1) is 10.8. The molecule has 2 aromatic carbocycles. The van der Waals surface area contributed by atoms with Gasteiger partial charge in [0.15, 0.2) is 5.78 Å². The normalized spacial score (nSPS) is 10.7. The largest absolute Gasteiger partial charge is 0.464 e. The molecule has 0 fully saturated rings. The molecule has 0 saturated heterocycles. The molecule has 88 valence electrons. The Morgan fingerprint density at radius 2 is 1.67 bits per heavy atom. The first-order valence-electron chi connectivity index (χ1n) is 5.84. The number of rotatable bonds is 2. The molecular formula is C16H12O2. The number of benzene rings is 2. The molecule has 0 unspecified atom stereocenters. The Balaban J connectivity index is 2.16. The third kappa shape index (κ3) is 1.63. The molecule has 0 atom stereocenters. The van der Waals surface area contributed by atoms with Crippen molar-refractivity contribution in [2.24, 2.45) is 0 Å². The number of carbonyl (C=O) groups is 1. The first-order valence-corrected chi connectivity index (χ1v) is 5.84. The lowest BCUT2D eigenvalue weighted by atomic mass is 9.99. The molecule has 0 aliphatic rings. The Morgan fingerprint density at radius 1 is 0.944 bits per heavy atom. The second-order valence-corrected chi connectivity index (χ2v) is 4.29. The first-order chi connectivity index (χ1) is 8.77. The van der Waals surface area contributed by atoms with Crippen LogP contribution in [0.5, 0.6) is 0 Å². The van der Waals surface area contributed by atoms with E-state index in [1.54, 1.807) is 6.26 Å². The van der Waals surface area contributed by atoms with Crippen LogP contribution in [0.25, 0.3) is 11.0 Å². The van der Waals surface area contributed by atoms with Crippen LogP contribution >= 0.6 is 0 Å². The summed E-state index contributed by atoms with van der Waals surface area (Å²) in [4.78, 5) is 12.5. The van der Waals surface area contributed by atoms with Crippen molar-refractivity contribution in [2.75, 3.05) is 0 Å². The van der Waals surface area contributed by atoms with E-state index in [0.29, 0.717) is 5.56 Å². The highest BCUT2D eigenvalue weighted by atomic mass is 16.3. The Morgan fingerprint density at radius 3 is 2.50 bits per heavy atom. The molecule has 2 heteroatoms. The highest BCUT2D eigenvalue weighted by Gasteiger charge is 2.16. The predicted octanol–water partition coefficient (Wildman–Crippen LogP) is 3.97. The van der Waals surface area contributed by atoms with Gasteiger partial charge in [0.1, 0.15) is 11.8 Å². The van der Waals surface area contributed by atoms with Gasteiger partial charge in [-0.15, -0.1) is 0 Å². The summed E-state index contributed by atoms with van der Waals surface area (Å²) < 4.78 is 5.41. The van der Waals surface area contributed by atoms with Crippen LogP contribution in [0.1, 0.15) is 21.5 Å². The van der Waals surface area contributed by atoms with E-state index in [0.717, 1.165) is 22.1 Å². The second-order valence-electron chi connectivity index (χ2n) is 4.29. The number of hydrogen-bond donors (Lipinski definition) is 0. The molecule has 0 N–H and O–H groups in total. The molecule has 0 bridgehead atoms. The van der Waals surface area contributed by atoms with Crippen LogP contribution in [0, 0.1) is 6.92 Å². The van der Waals surface area contributed by atoms with E-state index in [1.807, 2.05) is 55.5 Å². The fraction of sp³-hybridized carbons (Fsp3) is 0.0625. The zero-order valence-corrected chi connectivity index (χ0v) is 10.0. The highest BCUT2D eigenvalue weighted by Crippen LogP contribution is 2.24. The van der Waals surface area contributed by atoms with Crippen LogP contribution in [0.3, 0.4) is 0 Å². The van der Waals surface area contributed by atoms with Gasteiger partial charge in [0.2, 0.25) is 0 Å². The van der Waals surface area contributed by atoms with Crippen LogP contribution in [0.15, 0.2) is 59.2 Å². The van der Waals surface area contributed by atoms with Crippen molar-refractivity contribution in [3.63, 3.8) is 0 Å². The average molecular weight is 236 g/mol. The lowest BCUT2D eigenvalue weighted by Crippen LogP contribution is -2.02. The number of carbonyl (C=O) groups excluding carboxylic acids is 1. The zero-order chi connectivity index (χ0) is 12.5. The quantitative estimate of drug-likeness (QED) is 0.630. The molecule has 0 aliphatic heterocycles. The molecule has 0 spiro atoms. The molecule has 1 heterocycles. The van der Waals surface area contributed by atoms with Crippen molar-refractivity contribution in [3.8, 4) is 0 Å². The molecule has 0 saturated carbocycles. The molecule has 0 aliphatic carbocycles. The van der Waals surface area contributed by atoms with E-state index in [4.69, 9.17) is 4.42 Å². The minimum absolute atomic E-state index is 0.0121. The summed E-state index contributed by atoms with van der Waals surface area (Å²) in [6.07, 6.45) is 1.54. The summed E-state index contributed by atoms with van der Waals surface area (Å²) >= 11 is 0. The summed E-state index contributed by atoms with van der Waals surface area (Å²) in [5.41, 5.74) is 3.08. The van der Waals surface area contributed by atoms with Gasteiger partial charge in [0.05, 0.1) is 5.56 Å². The van der Waals surface area contributed by atoms with Crippen LogP contribution in [-0.4, -0.2) is 5.78 Å². The SMILES string of the molecule is Cc1ccccc1C(=O)c1coc2ccccc12. The molecule has 0 radical (unpaired) electrons. The minimum atomic E-state index is 0.0121. The molecule has 1 aromatic heterocycles. The van der Waals surface area contributed by atoms with Gasteiger partial charge in [-0.25, -0.2) is 0 Å². The van der Waals surface area contributed by atoms with Gasteiger partial charge in [-0.1, -0.05) is 42.5 Å². The number of furan rings is 1. The predicted molar refractivity (Wildman–Crippen MR) is 70.8 cm³/mol. The van der Waals surface area contributed by atoms with Crippen molar-refractivity contribution in [1.82, 2.24) is 0 Å². The Bertz CT molecular complexity index is 723. The molecule has 0 amide bonds.